The highest BCUT2D eigenvalue weighted by molar-refractivity contribution is 5.50. The summed E-state index contributed by atoms with van der Waals surface area (Å²) in [6.07, 6.45) is 1.57. The van der Waals surface area contributed by atoms with E-state index in [1.54, 1.807) is 27.3 Å². The first-order valence-corrected chi connectivity index (χ1v) is 11.3. The largest absolute Gasteiger partial charge is 0.506 e. The van der Waals surface area contributed by atoms with Gasteiger partial charge in [-0.15, -0.1) is 0 Å². The topological polar surface area (TPSA) is 81.0 Å². The lowest BCUT2D eigenvalue weighted by molar-refractivity contribution is -0.00140. The number of hydrogen-bond donors (Lipinski definition) is 2. The molecule has 0 bridgehead atoms. The Hall–Kier alpha value is -3.87. The lowest BCUT2D eigenvalue weighted by atomic mass is 9.80. The number of hydrogen-bond acceptors (Lipinski definition) is 6. The van der Waals surface area contributed by atoms with Gasteiger partial charge in [-0.25, -0.2) is 0 Å². The Morgan fingerprint density at radius 2 is 1.29 bits per heavy atom. The number of aromatic hydroxyl groups is 1. The van der Waals surface area contributed by atoms with Gasteiger partial charge in [0.1, 0.15) is 22.8 Å². The molecule has 180 valence electrons. The van der Waals surface area contributed by atoms with Gasteiger partial charge in [-0.3, -0.25) is 4.98 Å². The zero-order chi connectivity index (χ0) is 24.8. The van der Waals surface area contributed by atoms with Crippen molar-refractivity contribution in [2.45, 2.75) is 25.7 Å². The number of aromatic nitrogens is 1. The van der Waals surface area contributed by atoms with Crippen LogP contribution >= 0.6 is 0 Å². The molecule has 0 amide bonds. The van der Waals surface area contributed by atoms with Crippen LogP contribution in [0, 0.1) is 6.92 Å². The Balaban J connectivity index is 1.93. The minimum Gasteiger partial charge on any atom is -0.506 e. The Labute approximate surface area is 205 Å². The molecule has 4 aromatic rings. The summed E-state index contributed by atoms with van der Waals surface area (Å²) in [6.45, 7) is 1.50. The molecule has 35 heavy (non-hydrogen) atoms. The maximum absolute atomic E-state index is 10.8. The first-order chi connectivity index (χ1) is 17.0. The second kappa shape index (κ2) is 10.6. The van der Waals surface area contributed by atoms with E-state index in [4.69, 9.17) is 14.2 Å². The number of benzene rings is 3. The molecule has 1 aromatic heterocycles. The predicted octanol–water partition coefficient (Wildman–Crippen LogP) is 5.11. The number of ether oxygens (including phenoxy) is 3. The maximum atomic E-state index is 10.8. The summed E-state index contributed by atoms with van der Waals surface area (Å²) in [4.78, 5) is 4.17. The van der Waals surface area contributed by atoms with Crippen molar-refractivity contribution in [2.24, 2.45) is 0 Å². The molecule has 3 aromatic carbocycles. The first-order valence-electron chi connectivity index (χ1n) is 11.3. The van der Waals surface area contributed by atoms with E-state index in [9.17, 15) is 10.2 Å². The molecular formula is C29H29NO5. The van der Waals surface area contributed by atoms with Crippen molar-refractivity contribution in [3.05, 3.63) is 119 Å². The van der Waals surface area contributed by atoms with Crippen molar-refractivity contribution in [1.29, 1.82) is 0 Å². The number of rotatable bonds is 9. The van der Waals surface area contributed by atoms with Crippen molar-refractivity contribution in [3.63, 3.8) is 0 Å². The molecule has 0 spiro atoms. The highest BCUT2D eigenvalue weighted by Gasteiger charge is 2.38. The number of aliphatic hydroxyl groups is 1. The second-order valence-electron chi connectivity index (χ2n) is 8.15. The third kappa shape index (κ3) is 4.71. The quantitative estimate of drug-likeness (QED) is 0.330. The van der Waals surface area contributed by atoms with Crippen LogP contribution in [0.2, 0.25) is 0 Å². The lowest BCUT2D eigenvalue weighted by Gasteiger charge is -2.36. The van der Waals surface area contributed by atoms with Crippen LogP contribution in [0.15, 0.2) is 85.1 Å². The summed E-state index contributed by atoms with van der Waals surface area (Å²) in [5.74, 6) is 1.48. The number of pyridine rings is 1. The molecule has 2 N–H and O–H groups in total. The Morgan fingerprint density at radius 1 is 0.771 bits per heavy atom. The van der Waals surface area contributed by atoms with Gasteiger partial charge in [-0.1, -0.05) is 54.6 Å². The first kappa shape index (κ1) is 24.3. The summed E-state index contributed by atoms with van der Waals surface area (Å²) in [7, 11) is 3.26. The Morgan fingerprint density at radius 3 is 1.77 bits per heavy atom. The number of methoxy groups -OCH3 is 2. The van der Waals surface area contributed by atoms with Crippen molar-refractivity contribution in [3.8, 4) is 17.2 Å². The minimum atomic E-state index is -1.03. The summed E-state index contributed by atoms with van der Waals surface area (Å²) < 4.78 is 17.6. The van der Waals surface area contributed by atoms with Gasteiger partial charge in [0.15, 0.2) is 0 Å². The summed E-state index contributed by atoms with van der Waals surface area (Å²) in [6, 6.07) is 25.4. The van der Waals surface area contributed by atoms with Crippen LogP contribution in [-0.2, 0) is 23.6 Å². The van der Waals surface area contributed by atoms with Crippen LogP contribution in [0.3, 0.4) is 0 Å². The Bertz CT molecular complexity index is 1210. The van der Waals surface area contributed by atoms with Crippen molar-refractivity contribution >= 4 is 0 Å². The highest BCUT2D eigenvalue weighted by Crippen LogP contribution is 2.43. The van der Waals surface area contributed by atoms with Crippen LogP contribution < -0.4 is 9.47 Å². The molecule has 0 aliphatic heterocycles. The maximum Gasteiger partial charge on any atom is 0.144 e. The molecule has 0 fully saturated rings. The van der Waals surface area contributed by atoms with E-state index in [0.29, 0.717) is 16.8 Å². The van der Waals surface area contributed by atoms with E-state index in [1.165, 1.54) is 0 Å². The van der Waals surface area contributed by atoms with E-state index in [0.717, 1.165) is 28.2 Å². The van der Waals surface area contributed by atoms with E-state index in [2.05, 4.69) is 4.98 Å². The van der Waals surface area contributed by atoms with Crippen molar-refractivity contribution in [2.75, 3.05) is 14.2 Å². The smallest absolute Gasteiger partial charge is 0.144 e. The average molecular weight is 472 g/mol. The Kier molecular flexibility index (Phi) is 7.34. The fourth-order valence-corrected chi connectivity index (χ4v) is 4.24. The molecule has 0 unspecified atom stereocenters. The van der Waals surface area contributed by atoms with E-state index in [1.807, 2.05) is 78.9 Å². The van der Waals surface area contributed by atoms with Gasteiger partial charge in [-0.05, 0) is 47.9 Å². The molecule has 6 heteroatoms. The average Bonchev–Trinajstić information content (AvgIpc) is 2.92. The highest BCUT2D eigenvalue weighted by atomic mass is 16.5. The molecule has 6 nitrogen and oxygen atoms in total. The predicted molar refractivity (Wildman–Crippen MR) is 134 cm³/mol. The van der Waals surface area contributed by atoms with Crippen LogP contribution in [0.4, 0.5) is 0 Å². The van der Waals surface area contributed by atoms with E-state index in [-0.39, 0.29) is 19.0 Å². The van der Waals surface area contributed by atoms with E-state index < -0.39 is 5.60 Å². The molecule has 1 heterocycles. The van der Waals surface area contributed by atoms with Gasteiger partial charge < -0.3 is 24.4 Å². The second-order valence-corrected chi connectivity index (χ2v) is 8.15. The number of aryl methyl sites for hydroxylation is 1. The zero-order valence-corrected chi connectivity index (χ0v) is 20.1. The summed E-state index contributed by atoms with van der Waals surface area (Å²) in [5.41, 5.74) is 3.12. The third-order valence-corrected chi connectivity index (χ3v) is 6.21. The standard InChI is InChI=1S/C29H29NO5/c1-20-28(32)27(21(18-31)17-30-20)19-35-29(22-7-5-4-6-8-22,23-9-13-25(33-2)14-10-23)24-11-15-26(34-3)16-12-24/h4-17,31-32H,18-19H2,1-3H3. The zero-order valence-electron chi connectivity index (χ0n) is 20.1. The van der Waals surface area contributed by atoms with Gasteiger partial charge >= 0.3 is 0 Å². The minimum absolute atomic E-state index is 0.0166. The van der Waals surface area contributed by atoms with Crippen LogP contribution in [0.1, 0.15) is 33.5 Å². The SMILES string of the molecule is COc1ccc(C(OCc2c(CO)cnc(C)c2O)(c2ccccc2)c2ccc(OC)cc2)cc1. The van der Waals surface area contributed by atoms with Gasteiger partial charge in [0.2, 0.25) is 0 Å². The molecule has 0 atom stereocenters. The summed E-state index contributed by atoms with van der Waals surface area (Å²) in [5, 5.41) is 20.7. The fourth-order valence-electron chi connectivity index (χ4n) is 4.24. The van der Waals surface area contributed by atoms with Gasteiger partial charge in [-0.2, -0.15) is 0 Å². The third-order valence-electron chi connectivity index (χ3n) is 6.21. The molecule has 0 aliphatic rings. The summed E-state index contributed by atoms with van der Waals surface area (Å²) >= 11 is 0. The normalized spacial score (nSPS) is 11.3. The molecule has 4 rings (SSSR count). The van der Waals surface area contributed by atoms with Gasteiger partial charge in [0.25, 0.3) is 0 Å². The van der Waals surface area contributed by atoms with Gasteiger partial charge in [0.05, 0.1) is 33.1 Å². The molecule has 0 radical (unpaired) electrons. The van der Waals surface area contributed by atoms with Crippen molar-refractivity contribution < 1.29 is 24.4 Å². The monoisotopic (exact) mass is 471 g/mol. The molecule has 0 saturated heterocycles. The van der Waals surface area contributed by atoms with Gasteiger partial charge in [0, 0.05) is 17.3 Å². The van der Waals surface area contributed by atoms with Crippen LogP contribution in [0.5, 0.6) is 17.2 Å². The molecule has 0 aliphatic carbocycles. The van der Waals surface area contributed by atoms with Crippen LogP contribution in [-0.4, -0.2) is 29.4 Å². The number of aliphatic hydroxyl groups excluding tert-OH is 1. The lowest BCUT2D eigenvalue weighted by Crippen LogP contribution is -2.33. The van der Waals surface area contributed by atoms with Crippen molar-refractivity contribution in [1.82, 2.24) is 4.98 Å². The molecular weight excluding hydrogens is 442 g/mol. The van der Waals surface area contributed by atoms with E-state index >= 15 is 0 Å². The van der Waals surface area contributed by atoms with Crippen LogP contribution in [0.25, 0.3) is 0 Å². The fraction of sp³-hybridized carbons (Fsp3) is 0.207. The number of nitrogens with zero attached hydrogens (tertiary/aromatic N) is 1. The molecule has 0 saturated carbocycles.